The van der Waals surface area contributed by atoms with Crippen LogP contribution in [0.4, 0.5) is 0 Å². The number of aliphatic hydroxyl groups is 2. The monoisotopic (exact) mass is 502 g/mol. The summed E-state index contributed by atoms with van der Waals surface area (Å²) in [7, 11) is 0. The smallest absolute Gasteiger partial charge is 0.331 e. The van der Waals surface area contributed by atoms with Crippen molar-refractivity contribution in [2.45, 2.75) is 128 Å². The summed E-state index contributed by atoms with van der Waals surface area (Å²) in [5, 5.41) is 22.5. The Balaban J connectivity index is 1.15. The minimum Gasteiger partial charge on any atom is -0.458 e. The van der Waals surface area contributed by atoms with E-state index in [1.807, 2.05) is 0 Å². The normalized spacial score (nSPS) is 52.7. The van der Waals surface area contributed by atoms with Crippen molar-refractivity contribution < 1.29 is 29.2 Å². The van der Waals surface area contributed by atoms with Crippen LogP contribution >= 0.6 is 0 Å². The number of hydrogen-bond acceptors (Lipinski definition) is 6. The molecule has 1 saturated heterocycles. The molecule has 0 amide bonds. The van der Waals surface area contributed by atoms with E-state index >= 15 is 0 Å². The van der Waals surface area contributed by atoms with Gasteiger partial charge in [0.2, 0.25) is 0 Å². The van der Waals surface area contributed by atoms with Crippen LogP contribution in [-0.4, -0.2) is 53.0 Å². The van der Waals surface area contributed by atoms with E-state index < -0.39 is 5.60 Å². The average Bonchev–Trinajstić information content (AvgIpc) is 3.40. The summed E-state index contributed by atoms with van der Waals surface area (Å²) in [5.74, 6) is 1.56. The summed E-state index contributed by atoms with van der Waals surface area (Å²) in [6, 6.07) is 0. The first kappa shape index (κ1) is 25.3. The highest BCUT2D eigenvalue weighted by Gasteiger charge is 2.67. The van der Waals surface area contributed by atoms with E-state index in [1.54, 1.807) is 6.08 Å². The van der Waals surface area contributed by atoms with Crippen LogP contribution in [0.5, 0.6) is 0 Å². The van der Waals surface area contributed by atoms with E-state index in [0.29, 0.717) is 24.4 Å². The van der Waals surface area contributed by atoms with E-state index in [1.165, 1.54) is 6.42 Å². The molecule has 2 heterocycles. The highest BCUT2D eigenvalue weighted by molar-refractivity contribution is 5.85. The van der Waals surface area contributed by atoms with Crippen LogP contribution in [0.25, 0.3) is 0 Å². The van der Waals surface area contributed by atoms with Gasteiger partial charge in [-0.2, -0.15) is 0 Å². The molecule has 202 valence electrons. The SMILES string of the molecule is CC[C@@H]1O[C@@H](O[C@H]2CC[C@@]3(C)[C@H](CC[C@@H]4[C@@H]3CC[C@]3(C)[C@@H](C5=CC(=O)OC5)CC[C@]43O)C2)CC[C@H]1O. The summed E-state index contributed by atoms with van der Waals surface area (Å²) in [6.45, 7) is 7.28. The molecule has 6 rings (SSSR count). The van der Waals surface area contributed by atoms with Crippen LogP contribution in [0.2, 0.25) is 0 Å². The van der Waals surface area contributed by atoms with E-state index in [4.69, 9.17) is 14.2 Å². The Bertz CT molecular complexity index is 902. The summed E-state index contributed by atoms with van der Waals surface area (Å²) in [5.41, 5.74) is 0.535. The topological polar surface area (TPSA) is 85.2 Å². The summed E-state index contributed by atoms with van der Waals surface area (Å²) < 4.78 is 17.9. The van der Waals surface area contributed by atoms with Crippen LogP contribution < -0.4 is 0 Å². The van der Waals surface area contributed by atoms with Crippen molar-refractivity contribution in [1.82, 2.24) is 0 Å². The van der Waals surface area contributed by atoms with Crippen molar-refractivity contribution in [2.75, 3.05) is 6.61 Å². The summed E-state index contributed by atoms with van der Waals surface area (Å²) >= 11 is 0. The lowest BCUT2D eigenvalue weighted by molar-refractivity contribution is -0.255. The van der Waals surface area contributed by atoms with Crippen molar-refractivity contribution in [1.29, 1.82) is 0 Å². The molecular formula is C30H46O6. The fourth-order valence-corrected chi connectivity index (χ4v) is 10.0. The summed E-state index contributed by atoms with van der Waals surface area (Å²) in [4.78, 5) is 11.8. The van der Waals surface area contributed by atoms with Crippen molar-refractivity contribution in [3.05, 3.63) is 11.6 Å². The van der Waals surface area contributed by atoms with Gasteiger partial charge < -0.3 is 24.4 Å². The Morgan fingerprint density at radius 1 is 1.03 bits per heavy atom. The number of fused-ring (bicyclic) bond motifs is 5. The predicted molar refractivity (Wildman–Crippen MR) is 135 cm³/mol. The lowest BCUT2D eigenvalue weighted by atomic mass is 9.43. The maximum absolute atomic E-state index is 12.4. The van der Waals surface area contributed by atoms with Crippen LogP contribution in [-0.2, 0) is 19.0 Å². The second-order valence-corrected chi connectivity index (χ2v) is 13.5. The quantitative estimate of drug-likeness (QED) is 0.420. The lowest BCUT2D eigenvalue weighted by Gasteiger charge is -2.63. The third kappa shape index (κ3) is 3.76. The van der Waals surface area contributed by atoms with Gasteiger partial charge in [0.1, 0.15) is 6.61 Å². The Kier molecular flexibility index (Phi) is 6.38. The highest BCUT2D eigenvalue weighted by Crippen LogP contribution is 2.70. The van der Waals surface area contributed by atoms with Gasteiger partial charge in [-0.25, -0.2) is 4.79 Å². The van der Waals surface area contributed by atoms with E-state index in [9.17, 15) is 15.0 Å². The van der Waals surface area contributed by atoms with Crippen LogP contribution in [0.3, 0.4) is 0 Å². The first-order valence-corrected chi connectivity index (χ1v) is 14.8. The molecule has 6 nitrogen and oxygen atoms in total. The Labute approximate surface area is 216 Å². The van der Waals surface area contributed by atoms with Crippen molar-refractivity contribution in [3.8, 4) is 0 Å². The van der Waals surface area contributed by atoms with E-state index in [0.717, 1.165) is 76.2 Å². The maximum atomic E-state index is 12.4. The van der Waals surface area contributed by atoms with Gasteiger partial charge in [0.15, 0.2) is 6.29 Å². The molecule has 0 aromatic heterocycles. The van der Waals surface area contributed by atoms with Gasteiger partial charge in [0, 0.05) is 17.9 Å². The Hall–Kier alpha value is -0.950. The molecule has 0 bridgehead atoms. The van der Waals surface area contributed by atoms with Crippen LogP contribution in [0, 0.1) is 34.5 Å². The predicted octanol–water partition coefficient (Wildman–Crippen LogP) is 4.90. The number of hydrogen-bond donors (Lipinski definition) is 2. The fraction of sp³-hybridized carbons (Fsp3) is 0.900. The molecular weight excluding hydrogens is 456 g/mol. The first-order valence-electron chi connectivity index (χ1n) is 14.8. The molecule has 0 aromatic rings. The molecule has 6 heteroatoms. The zero-order valence-corrected chi connectivity index (χ0v) is 22.4. The standard InChI is InChI=1S/C30H46O6/c1-4-25-24(31)7-8-27(36-25)35-20-9-12-28(2)19(16-20)5-6-23-22(28)10-13-29(3)21(11-14-30(23,29)33)18-15-26(32)34-17-18/h15,19-25,27,31,33H,4-14,16-17H2,1-3H3/t19-,20+,21-,22+,23-,24-,25+,27-,28+,29-,30+/m1/s1. The van der Waals surface area contributed by atoms with Crippen LogP contribution in [0.15, 0.2) is 11.6 Å². The second kappa shape index (κ2) is 9.07. The zero-order chi connectivity index (χ0) is 25.3. The molecule has 6 aliphatic rings. The molecule has 0 spiro atoms. The molecule has 2 N–H and O–H groups in total. The summed E-state index contributed by atoms with van der Waals surface area (Å²) in [6.07, 6.45) is 13.2. The largest absolute Gasteiger partial charge is 0.458 e. The molecule has 0 radical (unpaired) electrons. The molecule has 4 aliphatic carbocycles. The zero-order valence-electron chi connectivity index (χ0n) is 22.4. The minimum atomic E-state index is -0.652. The van der Waals surface area contributed by atoms with Crippen molar-refractivity contribution in [2.24, 2.45) is 34.5 Å². The molecule has 0 unspecified atom stereocenters. The first-order chi connectivity index (χ1) is 17.2. The molecule has 4 saturated carbocycles. The van der Waals surface area contributed by atoms with Gasteiger partial charge in [0.25, 0.3) is 0 Å². The number of esters is 1. The third-order valence-corrected chi connectivity index (χ3v) is 12.1. The number of cyclic esters (lactones) is 1. The van der Waals surface area contributed by atoms with E-state index in [2.05, 4.69) is 20.8 Å². The van der Waals surface area contributed by atoms with Gasteiger partial charge in [-0.05, 0) is 105 Å². The highest BCUT2D eigenvalue weighted by atomic mass is 16.7. The van der Waals surface area contributed by atoms with Gasteiger partial charge >= 0.3 is 5.97 Å². The fourth-order valence-electron chi connectivity index (χ4n) is 10.0. The van der Waals surface area contributed by atoms with Gasteiger partial charge in [-0.3, -0.25) is 0 Å². The van der Waals surface area contributed by atoms with Crippen LogP contribution in [0.1, 0.15) is 97.8 Å². The van der Waals surface area contributed by atoms with E-state index in [-0.39, 0.29) is 47.3 Å². The number of ether oxygens (including phenoxy) is 3. The molecule has 2 aliphatic heterocycles. The molecule has 5 fully saturated rings. The minimum absolute atomic E-state index is 0.106. The van der Waals surface area contributed by atoms with Gasteiger partial charge in [0.05, 0.1) is 23.9 Å². The molecule has 0 aromatic carbocycles. The molecule has 11 atom stereocenters. The number of carbonyl (C=O) groups excluding carboxylic acids is 1. The molecule has 36 heavy (non-hydrogen) atoms. The number of rotatable bonds is 4. The average molecular weight is 503 g/mol. The van der Waals surface area contributed by atoms with Crippen molar-refractivity contribution in [3.63, 3.8) is 0 Å². The maximum Gasteiger partial charge on any atom is 0.331 e. The lowest BCUT2D eigenvalue weighted by Crippen LogP contribution is -2.62. The second-order valence-electron chi connectivity index (χ2n) is 13.5. The van der Waals surface area contributed by atoms with Gasteiger partial charge in [-0.15, -0.1) is 0 Å². The number of aliphatic hydroxyl groups excluding tert-OH is 1. The Morgan fingerprint density at radius 3 is 2.61 bits per heavy atom. The van der Waals surface area contributed by atoms with Crippen molar-refractivity contribution >= 4 is 5.97 Å². The van der Waals surface area contributed by atoms with Gasteiger partial charge in [-0.1, -0.05) is 20.8 Å². The Morgan fingerprint density at radius 2 is 1.86 bits per heavy atom. The third-order valence-electron chi connectivity index (χ3n) is 12.1. The number of carbonyl (C=O) groups is 1.